The highest BCUT2D eigenvalue weighted by Gasteiger charge is 2.46. The molecule has 1 heterocycles. The van der Waals surface area contributed by atoms with Crippen LogP contribution in [0.15, 0.2) is 0 Å². The Morgan fingerprint density at radius 1 is 1.56 bits per heavy atom. The molecule has 0 amide bonds. The molecule has 16 heavy (non-hydrogen) atoms. The summed E-state index contributed by atoms with van der Waals surface area (Å²) in [7, 11) is 1.49. The minimum Gasteiger partial charge on any atom is -0.468 e. The first kappa shape index (κ1) is 12.2. The summed E-state index contributed by atoms with van der Waals surface area (Å²) in [5, 5.41) is 3.81. The smallest absolute Gasteiger partial charge is 0.327 e. The molecule has 0 spiro atoms. The molecule has 2 unspecified atom stereocenters. The summed E-state index contributed by atoms with van der Waals surface area (Å²) in [5.41, 5.74) is -0.430. The van der Waals surface area contributed by atoms with Gasteiger partial charge in [-0.15, -0.1) is 0 Å². The van der Waals surface area contributed by atoms with Crippen LogP contribution in [0, 0.1) is 5.92 Å². The molecule has 1 saturated heterocycles. The average Bonchev–Trinajstić information content (AvgIpc) is 3.11. The predicted octanol–water partition coefficient (Wildman–Crippen LogP) is 1.81. The normalized spacial score (nSPS) is 34.8. The van der Waals surface area contributed by atoms with Gasteiger partial charge in [0.15, 0.2) is 0 Å². The molecule has 0 radical (unpaired) electrons. The second-order valence-corrected chi connectivity index (χ2v) is 6.35. The van der Waals surface area contributed by atoms with Crippen LogP contribution in [0.3, 0.4) is 0 Å². The summed E-state index contributed by atoms with van der Waals surface area (Å²) in [5.74, 6) is 1.87. The molecule has 2 rings (SSSR count). The Balaban J connectivity index is 2.05. The van der Waals surface area contributed by atoms with Crippen molar-refractivity contribution in [3.63, 3.8) is 0 Å². The zero-order valence-electron chi connectivity index (χ0n) is 10.1. The maximum absolute atomic E-state index is 12.0. The second-order valence-electron chi connectivity index (χ2n) is 4.90. The Morgan fingerprint density at radius 3 is 2.88 bits per heavy atom. The van der Waals surface area contributed by atoms with Gasteiger partial charge in [0, 0.05) is 5.25 Å². The van der Waals surface area contributed by atoms with Crippen LogP contribution < -0.4 is 5.32 Å². The number of ether oxygens (including phenoxy) is 1. The fraction of sp³-hybridized carbons (Fsp3) is 0.917. The SMILES string of the molecule is COC(=O)C1(NCC2CC2)CCCSC1C. The summed E-state index contributed by atoms with van der Waals surface area (Å²) in [6, 6.07) is 0. The van der Waals surface area contributed by atoms with Crippen molar-refractivity contribution in [2.75, 3.05) is 19.4 Å². The van der Waals surface area contributed by atoms with Gasteiger partial charge in [-0.1, -0.05) is 6.92 Å². The first-order valence-corrected chi connectivity index (χ1v) is 7.19. The molecule has 4 heteroatoms. The molecule has 3 nitrogen and oxygen atoms in total. The van der Waals surface area contributed by atoms with E-state index < -0.39 is 5.54 Å². The van der Waals surface area contributed by atoms with E-state index in [2.05, 4.69) is 12.2 Å². The predicted molar refractivity (Wildman–Crippen MR) is 66.6 cm³/mol. The minimum atomic E-state index is -0.430. The second kappa shape index (κ2) is 4.96. The molecule has 0 aromatic rings. The lowest BCUT2D eigenvalue weighted by Crippen LogP contribution is -2.60. The number of rotatable bonds is 4. The maximum Gasteiger partial charge on any atom is 0.327 e. The Hall–Kier alpha value is -0.220. The van der Waals surface area contributed by atoms with E-state index in [1.807, 2.05) is 11.8 Å². The molecule has 0 bridgehead atoms. The van der Waals surface area contributed by atoms with Crippen LogP contribution >= 0.6 is 11.8 Å². The van der Waals surface area contributed by atoms with Gasteiger partial charge >= 0.3 is 5.97 Å². The topological polar surface area (TPSA) is 38.3 Å². The van der Waals surface area contributed by atoms with E-state index in [1.54, 1.807) is 0 Å². The number of carbonyl (C=O) groups excluding carboxylic acids is 1. The number of nitrogens with one attached hydrogen (secondary N) is 1. The lowest BCUT2D eigenvalue weighted by atomic mass is 9.89. The lowest BCUT2D eigenvalue weighted by Gasteiger charge is -2.40. The third kappa shape index (κ3) is 2.38. The maximum atomic E-state index is 12.0. The summed E-state index contributed by atoms with van der Waals surface area (Å²) in [4.78, 5) is 12.0. The van der Waals surface area contributed by atoms with Crippen molar-refractivity contribution in [1.82, 2.24) is 5.32 Å². The molecule has 92 valence electrons. The molecule has 1 saturated carbocycles. The van der Waals surface area contributed by atoms with E-state index in [4.69, 9.17) is 4.74 Å². The molecule has 2 aliphatic rings. The fourth-order valence-corrected chi connectivity index (χ4v) is 3.61. The number of carbonyl (C=O) groups is 1. The van der Waals surface area contributed by atoms with Crippen molar-refractivity contribution in [1.29, 1.82) is 0 Å². The highest BCUT2D eigenvalue weighted by atomic mass is 32.2. The number of methoxy groups -OCH3 is 1. The van der Waals surface area contributed by atoms with Gasteiger partial charge in [0.05, 0.1) is 7.11 Å². The molecule has 0 aromatic carbocycles. The van der Waals surface area contributed by atoms with Crippen LogP contribution in [0.1, 0.15) is 32.6 Å². The van der Waals surface area contributed by atoms with Crippen molar-refractivity contribution in [2.45, 2.75) is 43.4 Å². The molecular weight excluding hydrogens is 222 g/mol. The van der Waals surface area contributed by atoms with Crippen LogP contribution in [0.4, 0.5) is 0 Å². The van der Waals surface area contributed by atoms with Gasteiger partial charge in [-0.2, -0.15) is 11.8 Å². The molecule has 1 N–H and O–H groups in total. The highest BCUT2D eigenvalue weighted by Crippen LogP contribution is 2.36. The quantitative estimate of drug-likeness (QED) is 0.764. The van der Waals surface area contributed by atoms with E-state index in [1.165, 1.54) is 20.0 Å². The first-order valence-electron chi connectivity index (χ1n) is 6.14. The van der Waals surface area contributed by atoms with Gasteiger partial charge in [0.1, 0.15) is 5.54 Å². The zero-order chi connectivity index (χ0) is 11.6. The Labute approximate surface area is 102 Å². The third-order valence-electron chi connectivity index (χ3n) is 3.73. The largest absolute Gasteiger partial charge is 0.468 e. The fourth-order valence-electron chi connectivity index (χ4n) is 2.36. The Morgan fingerprint density at radius 2 is 2.31 bits per heavy atom. The number of hydrogen-bond donors (Lipinski definition) is 1. The van der Waals surface area contributed by atoms with Gasteiger partial charge in [0.2, 0.25) is 0 Å². The molecular formula is C12H21NO2S. The van der Waals surface area contributed by atoms with Crippen LogP contribution in [0.2, 0.25) is 0 Å². The van der Waals surface area contributed by atoms with Crippen LogP contribution in [0.25, 0.3) is 0 Å². The van der Waals surface area contributed by atoms with Crippen LogP contribution in [0.5, 0.6) is 0 Å². The molecule has 1 aliphatic carbocycles. The summed E-state index contributed by atoms with van der Waals surface area (Å²) >= 11 is 1.88. The summed E-state index contributed by atoms with van der Waals surface area (Å²) in [6.45, 7) is 3.11. The van der Waals surface area contributed by atoms with Crippen molar-refractivity contribution in [3.05, 3.63) is 0 Å². The van der Waals surface area contributed by atoms with Crippen LogP contribution in [-0.2, 0) is 9.53 Å². The van der Waals surface area contributed by atoms with Gasteiger partial charge in [-0.3, -0.25) is 4.79 Å². The van der Waals surface area contributed by atoms with E-state index in [0.29, 0.717) is 5.25 Å². The van der Waals surface area contributed by atoms with Crippen molar-refractivity contribution < 1.29 is 9.53 Å². The van der Waals surface area contributed by atoms with E-state index >= 15 is 0 Å². The van der Waals surface area contributed by atoms with Crippen molar-refractivity contribution in [3.8, 4) is 0 Å². The number of esters is 1. The van der Waals surface area contributed by atoms with Gasteiger partial charge in [-0.25, -0.2) is 0 Å². The summed E-state index contributed by atoms with van der Waals surface area (Å²) < 4.78 is 5.00. The minimum absolute atomic E-state index is 0.0761. The Kier molecular flexibility index (Phi) is 3.80. The monoisotopic (exact) mass is 243 g/mol. The third-order valence-corrected chi connectivity index (χ3v) is 5.16. The summed E-state index contributed by atoms with van der Waals surface area (Å²) in [6.07, 6.45) is 4.64. The number of thioether (sulfide) groups is 1. The van der Waals surface area contributed by atoms with Crippen molar-refractivity contribution in [2.24, 2.45) is 5.92 Å². The molecule has 2 atom stereocenters. The van der Waals surface area contributed by atoms with Gasteiger partial charge < -0.3 is 10.1 Å². The van der Waals surface area contributed by atoms with Crippen molar-refractivity contribution >= 4 is 17.7 Å². The molecule has 1 aliphatic heterocycles. The standard InChI is InChI=1S/C12H21NO2S/c1-9-12(11(14)15-2,6-3-7-16-9)13-8-10-4-5-10/h9-10,13H,3-8H2,1-2H3. The van der Waals surface area contributed by atoms with E-state index in [-0.39, 0.29) is 5.97 Å². The van der Waals surface area contributed by atoms with Gasteiger partial charge in [0.25, 0.3) is 0 Å². The van der Waals surface area contributed by atoms with E-state index in [0.717, 1.165) is 31.1 Å². The Bertz CT molecular complexity index is 268. The molecule has 2 fully saturated rings. The number of hydrogen-bond acceptors (Lipinski definition) is 4. The average molecular weight is 243 g/mol. The first-order chi connectivity index (χ1) is 7.69. The zero-order valence-corrected chi connectivity index (χ0v) is 10.9. The molecule has 0 aromatic heterocycles. The van der Waals surface area contributed by atoms with Gasteiger partial charge in [-0.05, 0) is 43.9 Å². The van der Waals surface area contributed by atoms with E-state index in [9.17, 15) is 4.79 Å². The lowest BCUT2D eigenvalue weighted by molar-refractivity contribution is -0.149. The highest BCUT2D eigenvalue weighted by molar-refractivity contribution is 8.00. The van der Waals surface area contributed by atoms with Crippen LogP contribution in [-0.4, -0.2) is 36.2 Å².